The first-order valence-corrected chi connectivity index (χ1v) is 28.1. The molecule has 0 aliphatic rings. The number of ether oxygens (including phenoxy) is 2. The number of carbonyl (C=O) groups excluding carboxylic acids is 2. The van der Waals surface area contributed by atoms with E-state index >= 15 is 0 Å². The van der Waals surface area contributed by atoms with Crippen LogP contribution in [0.1, 0.15) is 271 Å². The highest BCUT2D eigenvalue weighted by atomic mass is 31.2. The van der Waals surface area contributed by atoms with E-state index in [2.05, 4.69) is 26.0 Å². The van der Waals surface area contributed by atoms with Crippen molar-refractivity contribution in [2.24, 2.45) is 0 Å². The predicted octanol–water partition coefficient (Wildman–Crippen LogP) is 15.1. The van der Waals surface area contributed by atoms with Gasteiger partial charge in [-0.25, -0.2) is 4.57 Å². The Morgan fingerprint density at radius 2 is 0.651 bits per heavy atom. The Hall–Kier alpha value is -1.29. The third-order valence-corrected chi connectivity index (χ3v) is 12.9. The van der Waals surface area contributed by atoms with E-state index in [1.165, 1.54) is 180 Å². The molecule has 0 saturated carbocycles. The van der Waals surface area contributed by atoms with Crippen LogP contribution in [0.2, 0.25) is 0 Å². The molecule has 0 aromatic heterocycles. The maximum absolute atomic E-state index is 12.4. The molecule has 10 nitrogen and oxygen atoms in total. The number of rotatable bonds is 51. The van der Waals surface area contributed by atoms with Crippen LogP contribution in [-0.2, 0) is 32.7 Å². The first kappa shape index (κ1) is 61.7. The molecule has 3 N–H and O–H groups in total. The molecule has 0 bridgehead atoms. The standard InChI is InChI=1S/C52H101O10P/c1-3-5-7-9-11-13-15-17-19-21-22-23-24-25-26-27-28-30-32-34-36-38-40-42-44-52(56)62-50(46-54)48-60-63(57,58)59-47-49(45-53)61-51(55)43-41-39-37-35-33-31-29-20-18-16-14-12-10-8-6-4-2/h20,29,49-50,53-54H,3-19,21-28,30-48H2,1-2H3,(H,57,58)/b29-20-. The van der Waals surface area contributed by atoms with Gasteiger partial charge in [0.25, 0.3) is 0 Å². The first-order valence-electron chi connectivity index (χ1n) is 26.6. The Kier molecular flexibility index (Phi) is 47.6. The summed E-state index contributed by atoms with van der Waals surface area (Å²) < 4.78 is 32.7. The lowest BCUT2D eigenvalue weighted by atomic mass is 10.0. The van der Waals surface area contributed by atoms with Gasteiger partial charge < -0.3 is 24.6 Å². The van der Waals surface area contributed by atoms with E-state index in [0.29, 0.717) is 12.8 Å². The van der Waals surface area contributed by atoms with Gasteiger partial charge >= 0.3 is 19.8 Å². The zero-order valence-electron chi connectivity index (χ0n) is 41.1. The highest BCUT2D eigenvalue weighted by Crippen LogP contribution is 2.43. The van der Waals surface area contributed by atoms with Crippen LogP contribution in [0.25, 0.3) is 0 Å². The molecule has 0 radical (unpaired) electrons. The molecule has 3 unspecified atom stereocenters. The second-order valence-electron chi connectivity index (χ2n) is 18.2. The van der Waals surface area contributed by atoms with Crippen LogP contribution in [0.3, 0.4) is 0 Å². The number of hydrogen-bond donors (Lipinski definition) is 3. The minimum absolute atomic E-state index is 0.186. The quantitative estimate of drug-likeness (QED) is 0.0233. The molecule has 3 atom stereocenters. The number of phosphoric acid groups is 1. The summed E-state index contributed by atoms with van der Waals surface area (Å²) in [6, 6.07) is 0. The molecule has 0 fully saturated rings. The van der Waals surface area contributed by atoms with Crippen molar-refractivity contribution < 1.29 is 47.8 Å². The largest absolute Gasteiger partial charge is 0.472 e. The van der Waals surface area contributed by atoms with E-state index < -0.39 is 58.4 Å². The highest BCUT2D eigenvalue weighted by Gasteiger charge is 2.27. The summed E-state index contributed by atoms with van der Waals surface area (Å²) in [5, 5.41) is 19.3. The van der Waals surface area contributed by atoms with Crippen molar-refractivity contribution in [1.82, 2.24) is 0 Å². The molecule has 0 aromatic carbocycles. The maximum Gasteiger partial charge on any atom is 0.472 e. The summed E-state index contributed by atoms with van der Waals surface area (Å²) in [6.45, 7) is 2.26. The van der Waals surface area contributed by atoms with Crippen LogP contribution >= 0.6 is 7.82 Å². The Morgan fingerprint density at radius 3 is 0.905 bits per heavy atom. The van der Waals surface area contributed by atoms with Crippen molar-refractivity contribution in [3.05, 3.63) is 12.2 Å². The molecule has 0 rings (SSSR count). The van der Waals surface area contributed by atoms with Gasteiger partial charge in [0.05, 0.1) is 26.4 Å². The van der Waals surface area contributed by atoms with Gasteiger partial charge in [0, 0.05) is 12.8 Å². The fourth-order valence-corrected chi connectivity index (χ4v) is 8.66. The van der Waals surface area contributed by atoms with Gasteiger partial charge in [-0.2, -0.15) is 0 Å². The molecule has 374 valence electrons. The van der Waals surface area contributed by atoms with E-state index in [1.807, 2.05) is 0 Å². The molecular weight excluding hydrogens is 816 g/mol. The Labute approximate surface area is 387 Å². The lowest BCUT2D eigenvalue weighted by Gasteiger charge is -2.20. The van der Waals surface area contributed by atoms with Crippen molar-refractivity contribution in [1.29, 1.82) is 0 Å². The van der Waals surface area contributed by atoms with E-state index in [-0.39, 0.29) is 12.8 Å². The molecule has 63 heavy (non-hydrogen) atoms. The van der Waals surface area contributed by atoms with Crippen molar-refractivity contribution in [2.45, 2.75) is 283 Å². The number of allylic oxidation sites excluding steroid dienone is 2. The number of unbranched alkanes of at least 4 members (excludes halogenated alkanes) is 35. The predicted molar refractivity (Wildman–Crippen MR) is 261 cm³/mol. The Bertz CT molecular complexity index is 1060. The summed E-state index contributed by atoms with van der Waals surface area (Å²) in [7, 11) is -4.64. The van der Waals surface area contributed by atoms with Gasteiger partial charge in [-0.1, -0.05) is 231 Å². The molecule has 0 heterocycles. The zero-order valence-corrected chi connectivity index (χ0v) is 42.0. The Balaban J connectivity index is 3.77. The second-order valence-corrected chi connectivity index (χ2v) is 19.7. The normalized spacial score (nSPS) is 13.7. The average molecular weight is 917 g/mol. The van der Waals surface area contributed by atoms with Crippen LogP contribution in [0, 0.1) is 0 Å². The van der Waals surface area contributed by atoms with Crippen molar-refractivity contribution in [3.8, 4) is 0 Å². The highest BCUT2D eigenvalue weighted by molar-refractivity contribution is 7.47. The topological polar surface area (TPSA) is 149 Å². The number of aliphatic hydroxyl groups excluding tert-OH is 2. The van der Waals surface area contributed by atoms with Crippen LogP contribution in [0.15, 0.2) is 12.2 Å². The van der Waals surface area contributed by atoms with E-state index in [0.717, 1.165) is 51.4 Å². The molecule has 0 aromatic rings. The monoisotopic (exact) mass is 917 g/mol. The van der Waals surface area contributed by atoms with E-state index in [1.54, 1.807) is 0 Å². The number of carbonyl (C=O) groups is 2. The van der Waals surface area contributed by atoms with Gasteiger partial charge in [0.15, 0.2) is 0 Å². The third-order valence-electron chi connectivity index (χ3n) is 12.0. The smallest absolute Gasteiger partial charge is 0.457 e. The molecule has 0 saturated heterocycles. The number of esters is 2. The van der Waals surface area contributed by atoms with Gasteiger partial charge in [-0.15, -0.1) is 0 Å². The maximum atomic E-state index is 12.4. The third kappa shape index (κ3) is 47.0. The second kappa shape index (κ2) is 48.6. The van der Waals surface area contributed by atoms with Crippen molar-refractivity contribution in [3.63, 3.8) is 0 Å². The molecule has 0 amide bonds. The van der Waals surface area contributed by atoms with E-state index in [4.69, 9.17) is 18.5 Å². The van der Waals surface area contributed by atoms with Gasteiger partial charge in [0.2, 0.25) is 0 Å². The van der Waals surface area contributed by atoms with Gasteiger partial charge in [-0.3, -0.25) is 18.6 Å². The molecule has 0 aliphatic heterocycles. The summed E-state index contributed by atoms with van der Waals surface area (Å²) >= 11 is 0. The number of aliphatic hydroxyl groups is 2. The fraction of sp³-hybridized carbons (Fsp3) is 0.923. The summed E-state index contributed by atoms with van der Waals surface area (Å²) in [6.07, 6.45) is 50.5. The number of phosphoric ester groups is 1. The molecule has 0 aliphatic carbocycles. The fourth-order valence-electron chi connectivity index (χ4n) is 7.88. The zero-order chi connectivity index (χ0) is 46.2. The Morgan fingerprint density at radius 1 is 0.413 bits per heavy atom. The summed E-state index contributed by atoms with van der Waals surface area (Å²) in [5.74, 6) is -1.01. The minimum Gasteiger partial charge on any atom is -0.457 e. The lowest BCUT2D eigenvalue weighted by molar-refractivity contribution is -0.153. The van der Waals surface area contributed by atoms with Gasteiger partial charge in [-0.05, 0) is 38.5 Å². The van der Waals surface area contributed by atoms with Crippen LogP contribution in [0.5, 0.6) is 0 Å². The number of hydrogen-bond acceptors (Lipinski definition) is 9. The SMILES string of the molecule is CCCCCCCCC/C=C\CCCCCCCC(=O)OC(CO)COP(=O)(O)OCC(CO)OC(=O)CCCCCCCCCCCCCCCCCCCCCCCCCC. The lowest BCUT2D eigenvalue weighted by Crippen LogP contribution is -2.28. The minimum atomic E-state index is -4.64. The molecular formula is C52H101O10P. The average Bonchev–Trinajstić information content (AvgIpc) is 3.27. The van der Waals surface area contributed by atoms with Crippen LogP contribution in [-0.4, -0.2) is 65.7 Å². The summed E-state index contributed by atoms with van der Waals surface area (Å²) in [4.78, 5) is 34.7. The van der Waals surface area contributed by atoms with E-state index in [9.17, 15) is 29.3 Å². The van der Waals surface area contributed by atoms with Crippen LogP contribution in [0.4, 0.5) is 0 Å². The molecule has 0 spiro atoms. The first-order chi connectivity index (χ1) is 30.8. The van der Waals surface area contributed by atoms with Crippen molar-refractivity contribution in [2.75, 3.05) is 26.4 Å². The molecule has 11 heteroatoms. The van der Waals surface area contributed by atoms with Crippen molar-refractivity contribution >= 4 is 19.8 Å². The summed E-state index contributed by atoms with van der Waals surface area (Å²) in [5.41, 5.74) is 0. The van der Waals surface area contributed by atoms with Gasteiger partial charge in [0.1, 0.15) is 12.2 Å². The van der Waals surface area contributed by atoms with Crippen LogP contribution < -0.4 is 0 Å².